The molecular formula is C15H15BrN4O. The highest BCUT2D eigenvalue weighted by Crippen LogP contribution is 2.25. The smallest absolute Gasteiger partial charge is 0.155 e. The fourth-order valence-electron chi connectivity index (χ4n) is 2.19. The fraction of sp³-hybridized carbons (Fsp3) is 0.200. The lowest BCUT2D eigenvalue weighted by Crippen LogP contribution is -2.04. The summed E-state index contributed by atoms with van der Waals surface area (Å²) < 4.78 is 8.16. The minimum absolute atomic E-state index is 0.650. The van der Waals surface area contributed by atoms with Crippen LogP contribution in [0, 0.1) is 6.92 Å². The lowest BCUT2D eigenvalue weighted by molar-refractivity contribution is 0.416. The number of aromatic nitrogens is 3. The van der Waals surface area contributed by atoms with Crippen molar-refractivity contribution in [2.75, 3.05) is 12.4 Å². The van der Waals surface area contributed by atoms with Gasteiger partial charge in [0.25, 0.3) is 0 Å². The Morgan fingerprint density at radius 1 is 1.29 bits per heavy atom. The fourth-order valence-corrected chi connectivity index (χ4v) is 2.50. The van der Waals surface area contributed by atoms with Gasteiger partial charge in [0, 0.05) is 6.20 Å². The van der Waals surface area contributed by atoms with Crippen LogP contribution in [0.25, 0.3) is 5.65 Å². The van der Waals surface area contributed by atoms with E-state index in [2.05, 4.69) is 44.2 Å². The van der Waals surface area contributed by atoms with Crippen LogP contribution in [0.2, 0.25) is 0 Å². The maximum atomic E-state index is 5.37. The van der Waals surface area contributed by atoms with E-state index in [1.807, 2.05) is 28.9 Å². The van der Waals surface area contributed by atoms with Crippen molar-refractivity contribution in [2.24, 2.45) is 0 Å². The molecule has 0 aliphatic carbocycles. The Bertz CT molecular complexity index is 784. The molecule has 108 valence electrons. The molecule has 0 unspecified atom stereocenters. The van der Waals surface area contributed by atoms with Gasteiger partial charge in [-0.15, -0.1) is 0 Å². The van der Waals surface area contributed by atoms with Crippen LogP contribution >= 0.6 is 15.9 Å². The largest absolute Gasteiger partial charge is 0.495 e. The molecule has 3 aromatic rings. The van der Waals surface area contributed by atoms with E-state index in [-0.39, 0.29) is 0 Å². The Labute approximate surface area is 131 Å². The number of methoxy groups -OCH3 is 1. The molecule has 0 amide bonds. The van der Waals surface area contributed by atoms with Crippen LogP contribution < -0.4 is 10.1 Å². The van der Waals surface area contributed by atoms with E-state index in [0.29, 0.717) is 6.54 Å². The molecule has 0 saturated carbocycles. The van der Waals surface area contributed by atoms with Crippen LogP contribution in [-0.2, 0) is 6.54 Å². The van der Waals surface area contributed by atoms with Gasteiger partial charge in [-0.05, 0) is 40.5 Å². The van der Waals surface area contributed by atoms with Crippen LogP contribution in [-0.4, -0.2) is 21.5 Å². The number of anilines is 1. The zero-order chi connectivity index (χ0) is 14.8. The summed E-state index contributed by atoms with van der Waals surface area (Å²) in [4.78, 5) is 8.51. The highest BCUT2D eigenvalue weighted by molar-refractivity contribution is 9.10. The van der Waals surface area contributed by atoms with Gasteiger partial charge in [-0.25, -0.2) is 9.97 Å². The summed E-state index contributed by atoms with van der Waals surface area (Å²) in [5, 5.41) is 3.40. The molecule has 1 aromatic carbocycles. The van der Waals surface area contributed by atoms with Crippen LogP contribution in [0.5, 0.6) is 5.75 Å². The molecule has 5 nitrogen and oxygen atoms in total. The normalized spacial score (nSPS) is 10.8. The molecule has 0 radical (unpaired) electrons. The number of fused-ring (bicyclic) bond motifs is 1. The average Bonchev–Trinajstić information content (AvgIpc) is 2.87. The molecule has 0 spiro atoms. The van der Waals surface area contributed by atoms with E-state index in [9.17, 15) is 0 Å². The van der Waals surface area contributed by atoms with Gasteiger partial charge in [-0.2, -0.15) is 0 Å². The van der Waals surface area contributed by atoms with Crippen molar-refractivity contribution in [2.45, 2.75) is 13.5 Å². The van der Waals surface area contributed by atoms with Crippen molar-refractivity contribution in [1.29, 1.82) is 0 Å². The van der Waals surface area contributed by atoms with E-state index in [1.165, 1.54) is 5.56 Å². The van der Waals surface area contributed by atoms with Gasteiger partial charge >= 0.3 is 0 Å². The minimum Gasteiger partial charge on any atom is -0.495 e. The maximum Gasteiger partial charge on any atom is 0.155 e. The molecule has 1 N–H and O–H groups in total. The number of imidazole rings is 1. The van der Waals surface area contributed by atoms with Crippen LogP contribution in [0.15, 0.2) is 41.4 Å². The standard InChI is InChI=1S/C15H15BrN4O/c1-10-3-4-13(21-2)12(5-10)17-6-11-7-19-15-8-18-14(16)9-20(11)15/h3-5,7-9,17H,6H2,1-2H3. The summed E-state index contributed by atoms with van der Waals surface area (Å²) in [5.74, 6) is 0.831. The summed E-state index contributed by atoms with van der Waals surface area (Å²) in [5.41, 5.74) is 4.03. The van der Waals surface area contributed by atoms with Crippen molar-refractivity contribution in [3.8, 4) is 5.75 Å². The Kier molecular flexibility index (Phi) is 3.79. The van der Waals surface area contributed by atoms with Gasteiger partial charge in [0.2, 0.25) is 0 Å². The maximum absolute atomic E-state index is 5.37. The summed E-state index contributed by atoms with van der Waals surface area (Å²) in [6, 6.07) is 6.06. The Morgan fingerprint density at radius 3 is 2.95 bits per heavy atom. The SMILES string of the molecule is COc1ccc(C)cc1NCc1cnc2cnc(Br)cn12. The number of aryl methyl sites for hydroxylation is 1. The second-order valence-corrected chi connectivity index (χ2v) is 5.56. The predicted molar refractivity (Wildman–Crippen MR) is 85.7 cm³/mol. The second kappa shape index (κ2) is 5.73. The van der Waals surface area contributed by atoms with Crippen molar-refractivity contribution in [3.63, 3.8) is 0 Å². The third-order valence-electron chi connectivity index (χ3n) is 3.26. The van der Waals surface area contributed by atoms with E-state index in [1.54, 1.807) is 13.3 Å². The molecule has 3 rings (SSSR count). The molecule has 0 bridgehead atoms. The highest BCUT2D eigenvalue weighted by Gasteiger charge is 2.07. The van der Waals surface area contributed by atoms with Gasteiger partial charge in [-0.1, -0.05) is 6.07 Å². The summed E-state index contributed by atoms with van der Waals surface area (Å²) in [6.07, 6.45) is 5.49. The van der Waals surface area contributed by atoms with Gasteiger partial charge in [0.1, 0.15) is 10.4 Å². The van der Waals surface area contributed by atoms with Crippen LogP contribution in [0.3, 0.4) is 0 Å². The van der Waals surface area contributed by atoms with Crippen LogP contribution in [0.4, 0.5) is 5.69 Å². The van der Waals surface area contributed by atoms with Crippen LogP contribution in [0.1, 0.15) is 11.3 Å². The average molecular weight is 347 g/mol. The number of nitrogens with one attached hydrogen (secondary N) is 1. The molecule has 0 fully saturated rings. The quantitative estimate of drug-likeness (QED) is 0.786. The van der Waals surface area contributed by atoms with Crippen molar-refractivity contribution >= 4 is 27.3 Å². The Balaban J connectivity index is 1.87. The van der Waals surface area contributed by atoms with E-state index >= 15 is 0 Å². The molecule has 6 heteroatoms. The van der Waals surface area contributed by atoms with Gasteiger partial charge in [0.15, 0.2) is 5.65 Å². The zero-order valence-corrected chi connectivity index (χ0v) is 13.4. The molecular weight excluding hydrogens is 332 g/mol. The van der Waals surface area contributed by atoms with E-state index in [0.717, 1.165) is 27.4 Å². The van der Waals surface area contributed by atoms with E-state index < -0.39 is 0 Å². The first-order valence-electron chi connectivity index (χ1n) is 6.53. The first kappa shape index (κ1) is 13.9. The Hall–Kier alpha value is -2.08. The number of benzene rings is 1. The van der Waals surface area contributed by atoms with Gasteiger partial charge < -0.3 is 10.1 Å². The molecule has 2 aromatic heterocycles. The lowest BCUT2D eigenvalue weighted by atomic mass is 10.2. The number of hydrogen-bond donors (Lipinski definition) is 1. The third kappa shape index (κ3) is 2.85. The second-order valence-electron chi connectivity index (χ2n) is 4.75. The van der Waals surface area contributed by atoms with E-state index in [4.69, 9.17) is 4.74 Å². The van der Waals surface area contributed by atoms with Crippen molar-refractivity contribution in [1.82, 2.24) is 14.4 Å². The number of halogens is 1. The first-order valence-corrected chi connectivity index (χ1v) is 7.32. The summed E-state index contributed by atoms with van der Waals surface area (Å²) in [6.45, 7) is 2.71. The summed E-state index contributed by atoms with van der Waals surface area (Å²) in [7, 11) is 1.67. The van der Waals surface area contributed by atoms with Gasteiger partial charge in [-0.3, -0.25) is 4.40 Å². The molecule has 0 aliphatic heterocycles. The van der Waals surface area contributed by atoms with Crippen molar-refractivity contribution < 1.29 is 4.74 Å². The molecule has 0 atom stereocenters. The lowest BCUT2D eigenvalue weighted by Gasteiger charge is -2.12. The number of hydrogen-bond acceptors (Lipinski definition) is 4. The number of rotatable bonds is 4. The third-order valence-corrected chi connectivity index (χ3v) is 3.67. The minimum atomic E-state index is 0.650. The molecule has 2 heterocycles. The molecule has 0 aliphatic rings. The first-order chi connectivity index (χ1) is 10.2. The Morgan fingerprint density at radius 2 is 2.14 bits per heavy atom. The number of nitrogens with zero attached hydrogens (tertiary/aromatic N) is 3. The number of ether oxygens (including phenoxy) is 1. The van der Waals surface area contributed by atoms with Crippen molar-refractivity contribution in [3.05, 3.63) is 52.7 Å². The van der Waals surface area contributed by atoms with Gasteiger partial charge in [0.05, 0.1) is 37.4 Å². The summed E-state index contributed by atoms with van der Waals surface area (Å²) >= 11 is 3.38. The predicted octanol–water partition coefficient (Wildman–Crippen LogP) is 3.42. The monoisotopic (exact) mass is 346 g/mol. The molecule has 21 heavy (non-hydrogen) atoms. The topological polar surface area (TPSA) is 51.5 Å². The molecule has 0 saturated heterocycles. The zero-order valence-electron chi connectivity index (χ0n) is 11.8. The highest BCUT2D eigenvalue weighted by atomic mass is 79.9.